The van der Waals surface area contributed by atoms with E-state index in [1.807, 2.05) is 4.57 Å². The highest BCUT2D eigenvalue weighted by atomic mass is 16.5. The first kappa shape index (κ1) is 13.0. The van der Waals surface area contributed by atoms with Gasteiger partial charge in [-0.2, -0.15) is 0 Å². The Balaban J connectivity index is 1.72. The predicted octanol–water partition coefficient (Wildman–Crippen LogP) is -0.00180. The SMILES string of the molecule is NCCn1cnc(C(=O)NCCC2CCOC2)c1. The number of carbonyl (C=O) groups excluding carboxylic acids is 1. The van der Waals surface area contributed by atoms with Gasteiger partial charge >= 0.3 is 0 Å². The maximum atomic E-state index is 11.8. The van der Waals surface area contributed by atoms with E-state index in [1.54, 1.807) is 12.5 Å². The van der Waals surface area contributed by atoms with Gasteiger partial charge < -0.3 is 20.4 Å². The van der Waals surface area contributed by atoms with Crippen LogP contribution < -0.4 is 11.1 Å². The lowest BCUT2D eigenvalue weighted by molar-refractivity contribution is 0.0946. The molecule has 1 unspecified atom stereocenters. The summed E-state index contributed by atoms with van der Waals surface area (Å²) >= 11 is 0. The summed E-state index contributed by atoms with van der Waals surface area (Å²) in [5.41, 5.74) is 5.89. The minimum Gasteiger partial charge on any atom is -0.381 e. The van der Waals surface area contributed by atoms with Crippen LogP contribution in [0.15, 0.2) is 12.5 Å². The van der Waals surface area contributed by atoms with Crippen molar-refractivity contribution in [3.8, 4) is 0 Å². The summed E-state index contributed by atoms with van der Waals surface area (Å²) in [6.45, 7) is 3.57. The van der Waals surface area contributed by atoms with E-state index in [1.165, 1.54) is 0 Å². The van der Waals surface area contributed by atoms with E-state index in [9.17, 15) is 4.79 Å². The molecule has 3 N–H and O–H groups in total. The zero-order chi connectivity index (χ0) is 12.8. The van der Waals surface area contributed by atoms with E-state index >= 15 is 0 Å². The number of carbonyl (C=O) groups is 1. The van der Waals surface area contributed by atoms with Crippen LogP contribution in [0.3, 0.4) is 0 Å². The Labute approximate surface area is 107 Å². The molecule has 1 atom stereocenters. The molecule has 0 bridgehead atoms. The second-order valence-corrected chi connectivity index (χ2v) is 4.56. The number of nitrogens with zero attached hydrogens (tertiary/aromatic N) is 2. The summed E-state index contributed by atoms with van der Waals surface area (Å²) in [5, 5.41) is 2.88. The Hall–Kier alpha value is -1.40. The first-order valence-corrected chi connectivity index (χ1v) is 6.37. The minimum absolute atomic E-state index is 0.121. The van der Waals surface area contributed by atoms with Crippen molar-refractivity contribution in [3.05, 3.63) is 18.2 Å². The van der Waals surface area contributed by atoms with Crippen molar-refractivity contribution < 1.29 is 9.53 Å². The molecule has 0 aliphatic carbocycles. The zero-order valence-electron chi connectivity index (χ0n) is 10.5. The molecule has 0 aromatic carbocycles. The van der Waals surface area contributed by atoms with E-state index in [2.05, 4.69) is 10.3 Å². The standard InChI is InChI=1S/C12H20N4O2/c13-3-5-16-7-11(15-9-16)12(17)14-4-1-10-2-6-18-8-10/h7,9-10H,1-6,8,13H2,(H,14,17). The summed E-state index contributed by atoms with van der Waals surface area (Å²) in [4.78, 5) is 15.8. The van der Waals surface area contributed by atoms with Crippen molar-refractivity contribution >= 4 is 5.91 Å². The van der Waals surface area contributed by atoms with Gasteiger partial charge in [-0.15, -0.1) is 0 Å². The molecule has 1 aliphatic heterocycles. The Morgan fingerprint density at radius 1 is 1.67 bits per heavy atom. The molecule has 0 radical (unpaired) electrons. The van der Waals surface area contributed by atoms with Crippen LogP contribution in [0, 0.1) is 5.92 Å². The van der Waals surface area contributed by atoms with E-state index < -0.39 is 0 Å². The Morgan fingerprint density at radius 3 is 3.28 bits per heavy atom. The second kappa shape index (κ2) is 6.51. The van der Waals surface area contributed by atoms with Crippen LogP contribution in [0.4, 0.5) is 0 Å². The smallest absolute Gasteiger partial charge is 0.271 e. The lowest BCUT2D eigenvalue weighted by Crippen LogP contribution is -2.26. The van der Waals surface area contributed by atoms with Crippen LogP contribution in [0.25, 0.3) is 0 Å². The van der Waals surface area contributed by atoms with Crippen LogP contribution in [0.2, 0.25) is 0 Å². The quantitative estimate of drug-likeness (QED) is 0.746. The Kier molecular flexibility index (Phi) is 4.72. The molecule has 1 amide bonds. The summed E-state index contributed by atoms with van der Waals surface area (Å²) < 4.78 is 7.11. The van der Waals surface area contributed by atoms with Crippen LogP contribution in [-0.2, 0) is 11.3 Å². The van der Waals surface area contributed by atoms with Gasteiger partial charge in [-0.25, -0.2) is 4.98 Å². The summed E-state index contributed by atoms with van der Waals surface area (Å²) in [5.74, 6) is 0.463. The predicted molar refractivity (Wildman–Crippen MR) is 67.2 cm³/mol. The van der Waals surface area contributed by atoms with Gasteiger partial charge in [0.05, 0.1) is 6.33 Å². The molecular formula is C12H20N4O2. The molecular weight excluding hydrogens is 232 g/mol. The van der Waals surface area contributed by atoms with Gasteiger partial charge in [0.2, 0.25) is 0 Å². The van der Waals surface area contributed by atoms with Gasteiger partial charge in [0.25, 0.3) is 5.91 Å². The minimum atomic E-state index is -0.121. The third kappa shape index (κ3) is 3.54. The van der Waals surface area contributed by atoms with E-state index in [0.717, 1.165) is 26.1 Å². The number of nitrogens with one attached hydrogen (secondary N) is 1. The molecule has 6 nitrogen and oxygen atoms in total. The number of hydrogen-bond acceptors (Lipinski definition) is 4. The summed E-state index contributed by atoms with van der Waals surface area (Å²) in [7, 11) is 0. The largest absolute Gasteiger partial charge is 0.381 e. The zero-order valence-corrected chi connectivity index (χ0v) is 10.5. The summed E-state index contributed by atoms with van der Waals surface area (Å²) in [6, 6.07) is 0. The van der Waals surface area contributed by atoms with Crippen LogP contribution in [0.5, 0.6) is 0 Å². The van der Waals surface area contributed by atoms with Crippen molar-refractivity contribution in [2.75, 3.05) is 26.3 Å². The maximum absolute atomic E-state index is 11.8. The van der Waals surface area contributed by atoms with Gasteiger partial charge in [0.1, 0.15) is 5.69 Å². The Morgan fingerprint density at radius 2 is 2.56 bits per heavy atom. The lowest BCUT2D eigenvalue weighted by atomic mass is 10.1. The van der Waals surface area contributed by atoms with Crippen molar-refractivity contribution in [3.63, 3.8) is 0 Å². The molecule has 1 aromatic rings. The number of nitrogens with two attached hydrogens (primary N) is 1. The first-order chi connectivity index (χ1) is 8.79. The highest BCUT2D eigenvalue weighted by Crippen LogP contribution is 2.15. The molecule has 100 valence electrons. The highest BCUT2D eigenvalue weighted by Gasteiger charge is 2.16. The molecule has 2 heterocycles. The van der Waals surface area contributed by atoms with Gasteiger partial charge in [-0.05, 0) is 18.8 Å². The number of amides is 1. The highest BCUT2D eigenvalue weighted by molar-refractivity contribution is 5.91. The monoisotopic (exact) mass is 252 g/mol. The summed E-state index contributed by atoms with van der Waals surface area (Å²) in [6.07, 6.45) is 5.42. The van der Waals surface area contributed by atoms with Crippen molar-refractivity contribution in [2.45, 2.75) is 19.4 Å². The van der Waals surface area contributed by atoms with Crippen molar-refractivity contribution in [2.24, 2.45) is 11.7 Å². The van der Waals surface area contributed by atoms with E-state index in [-0.39, 0.29) is 5.91 Å². The average molecular weight is 252 g/mol. The molecule has 1 aliphatic rings. The molecule has 6 heteroatoms. The molecule has 1 fully saturated rings. The maximum Gasteiger partial charge on any atom is 0.271 e. The van der Waals surface area contributed by atoms with Crippen LogP contribution >= 0.6 is 0 Å². The molecule has 2 rings (SSSR count). The van der Waals surface area contributed by atoms with Gasteiger partial charge in [0, 0.05) is 39.0 Å². The second-order valence-electron chi connectivity index (χ2n) is 4.56. The molecule has 1 saturated heterocycles. The third-order valence-corrected chi connectivity index (χ3v) is 3.12. The normalized spacial score (nSPS) is 19.1. The van der Waals surface area contributed by atoms with Gasteiger partial charge in [-0.3, -0.25) is 4.79 Å². The topological polar surface area (TPSA) is 82.2 Å². The van der Waals surface area contributed by atoms with Crippen LogP contribution in [0.1, 0.15) is 23.3 Å². The van der Waals surface area contributed by atoms with E-state index in [0.29, 0.717) is 31.2 Å². The fraction of sp³-hybridized carbons (Fsp3) is 0.667. The van der Waals surface area contributed by atoms with Crippen LogP contribution in [-0.4, -0.2) is 41.8 Å². The molecule has 18 heavy (non-hydrogen) atoms. The molecule has 0 saturated carbocycles. The third-order valence-electron chi connectivity index (χ3n) is 3.12. The van der Waals surface area contributed by atoms with E-state index in [4.69, 9.17) is 10.5 Å². The van der Waals surface area contributed by atoms with Gasteiger partial charge in [-0.1, -0.05) is 0 Å². The number of hydrogen-bond donors (Lipinski definition) is 2. The number of rotatable bonds is 6. The Bertz CT molecular complexity index is 385. The lowest BCUT2D eigenvalue weighted by Gasteiger charge is -2.07. The van der Waals surface area contributed by atoms with Crippen molar-refractivity contribution in [1.82, 2.24) is 14.9 Å². The number of aromatic nitrogens is 2. The molecule has 1 aromatic heterocycles. The number of ether oxygens (including phenoxy) is 1. The first-order valence-electron chi connectivity index (χ1n) is 6.37. The number of imidazole rings is 1. The fourth-order valence-electron chi connectivity index (χ4n) is 2.04. The molecule has 0 spiro atoms. The van der Waals surface area contributed by atoms with Crippen molar-refractivity contribution in [1.29, 1.82) is 0 Å². The van der Waals surface area contributed by atoms with Gasteiger partial charge in [0.15, 0.2) is 0 Å². The fourth-order valence-corrected chi connectivity index (χ4v) is 2.04. The average Bonchev–Trinajstić information content (AvgIpc) is 3.00.